The van der Waals surface area contributed by atoms with Crippen molar-refractivity contribution in [2.45, 2.75) is 44.1 Å². The Balaban J connectivity index is 1.62. The Hall–Kier alpha value is -1.35. The molecule has 0 saturated heterocycles. The minimum absolute atomic E-state index is 0.00690. The van der Waals surface area contributed by atoms with Crippen molar-refractivity contribution in [2.75, 3.05) is 0 Å². The molecule has 0 radical (unpaired) electrons. The molecule has 0 unspecified atom stereocenters. The standard InChI is InChI=1S/C17H22N2O/c18-19(16(20)15-4-2-1-3-5-15)17-9-12-6-13(10-17)8-14(7-12)11-17/h1-5,12-14H,6-11,18H2. The molecule has 2 N–H and O–H groups in total. The zero-order valence-electron chi connectivity index (χ0n) is 11.8. The van der Waals surface area contributed by atoms with E-state index in [9.17, 15) is 4.79 Å². The summed E-state index contributed by atoms with van der Waals surface area (Å²) in [4.78, 5) is 12.7. The van der Waals surface area contributed by atoms with Gasteiger partial charge in [0.1, 0.15) is 0 Å². The van der Waals surface area contributed by atoms with Crippen molar-refractivity contribution in [3.8, 4) is 0 Å². The fourth-order valence-corrected chi connectivity index (χ4v) is 5.30. The number of carbonyl (C=O) groups is 1. The van der Waals surface area contributed by atoms with Crippen LogP contribution in [0.5, 0.6) is 0 Å². The second-order valence-corrected chi connectivity index (χ2v) is 7.18. The minimum Gasteiger partial charge on any atom is -0.270 e. The Morgan fingerprint density at radius 3 is 2.00 bits per heavy atom. The maximum atomic E-state index is 12.7. The van der Waals surface area contributed by atoms with E-state index in [1.54, 1.807) is 5.01 Å². The summed E-state index contributed by atoms with van der Waals surface area (Å²) >= 11 is 0. The van der Waals surface area contributed by atoms with Crippen LogP contribution in [-0.2, 0) is 0 Å². The molecule has 0 aliphatic heterocycles. The van der Waals surface area contributed by atoms with Crippen LogP contribution >= 0.6 is 0 Å². The molecule has 0 aromatic heterocycles. The smallest absolute Gasteiger partial charge is 0.268 e. The summed E-state index contributed by atoms with van der Waals surface area (Å²) in [6.45, 7) is 0. The topological polar surface area (TPSA) is 46.3 Å². The summed E-state index contributed by atoms with van der Waals surface area (Å²) in [6, 6.07) is 9.47. The van der Waals surface area contributed by atoms with E-state index in [1.165, 1.54) is 19.3 Å². The SMILES string of the molecule is NN(C(=O)c1ccccc1)C12CC3CC(CC(C3)C1)C2. The van der Waals surface area contributed by atoms with Crippen LogP contribution in [0.4, 0.5) is 0 Å². The van der Waals surface area contributed by atoms with Gasteiger partial charge in [-0.05, 0) is 68.4 Å². The molecule has 0 atom stereocenters. The highest BCUT2D eigenvalue weighted by atomic mass is 16.2. The molecule has 5 rings (SSSR count). The van der Waals surface area contributed by atoms with Gasteiger partial charge in [-0.2, -0.15) is 0 Å². The average molecular weight is 270 g/mol. The van der Waals surface area contributed by atoms with Gasteiger partial charge in [0.2, 0.25) is 0 Å². The average Bonchev–Trinajstić information content (AvgIpc) is 2.45. The molecule has 3 nitrogen and oxygen atoms in total. The molecular weight excluding hydrogens is 248 g/mol. The molecule has 3 heteroatoms. The van der Waals surface area contributed by atoms with Gasteiger partial charge < -0.3 is 0 Å². The van der Waals surface area contributed by atoms with Gasteiger partial charge in [0.05, 0.1) is 5.54 Å². The van der Waals surface area contributed by atoms with Crippen molar-refractivity contribution in [2.24, 2.45) is 23.6 Å². The van der Waals surface area contributed by atoms with Gasteiger partial charge in [0, 0.05) is 5.56 Å². The quantitative estimate of drug-likeness (QED) is 0.510. The van der Waals surface area contributed by atoms with E-state index in [4.69, 9.17) is 5.84 Å². The first-order valence-corrected chi connectivity index (χ1v) is 7.81. The van der Waals surface area contributed by atoms with Crippen LogP contribution in [0.25, 0.3) is 0 Å². The van der Waals surface area contributed by atoms with Gasteiger partial charge in [-0.1, -0.05) is 18.2 Å². The summed E-state index contributed by atoms with van der Waals surface area (Å²) in [7, 11) is 0. The van der Waals surface area contributed by atoms with Gasteiger partial charge >= 0.3 is 0 Å². The number of carbonyl (C=O) groups excluding carboxylic acids is 1. The second kappa shape index (κ2) is 4.32. The van der Waals surface area contributed by atoms with Crippen molar-refractivity contribution < 1.29 is 4.79 Å². The maximum absolute atomic E-state index is 12.7. The summed E-state index contributed by atoms with van der Waals surface area (Å²) in [6.07, 6.45) is 7.46. The first-order chi connectivity index (χ1) is 9.66. The molecule has 4 fully saturated rings. The van der Waals surface area contributed by atoms with Crippen molar-refractivity contribution in [1.82, 2.24) is 5.01 Å². The van der Waals surface area contributed by atoms with Crippen LogP contribution in [0, 0.1) is 17.8 Å². The van der Waals surface area contributed by atoms with Crippen LogP contribution in [0.3, 0.4) is 0 Å². The lowest BCUT2D eigenvalue weighted by molar-refractivity contribution is -0.0754. The largest absolute Gasteiger partial charge is 0.270 e. The normalized spacial score (nSPS) is 38.0. The van der Waals surface area contributed by atoms with Crippen LogP contribution in [0.1, 0.15) is 48.9 Å². The maximum Gasteiger partial charge on any atom is 0.268 e. The highest BCUT2D eigenvalue weighted by Crippen LogP contribution is 2.57. The highest BCUT2D eigenvalue weighted by molar-refractivity contribution is 5.94. The fourth-order valence-electron chi connectivity index (χ4n) is 5.30. The Kier molecular flexibility index (Phi) is 2.68. The molecule has 4 aliphatic carbocycles. The van der Waals surface area contributed by atoms with Gasteiger partial charge in [0.25, 0.3) is 5.91 Å². The highest BCUT2D eigenvalue weighted by Gasteiger charge is 2.54. The fraction of sp³-hybridized carbons (Fsp3) is 0.588. The van der Waals surface area contributed by atoms with E-state index in [0.717, 1.165) is 37.0 Å². The Morgan fingerprint density at radius 2 is 1.50 bits per heavy atom. The lowest BCUT2D eigenvalue weighted by Crippen LogP contribution is -2.64. The number of nitrogens with zero attached hydrogens (tertiary/aromatic N) is 1. The van der Waals surface area contributed by atoms with E-state index in [0.29, 0.717) is 5.56 Å². The third kappa shape index (κ3) is 1.80. The monoisotopic (exact) mass is 270 g/mol. The van der Waals surface area contributed by atoms with Gasteiger partial charge in [0.15, 0.2) is 0 Å². The molecule has 4 bridgehead atoms. The Labute approximate surface area is 120 Å². The van der Waals surface area contributed by atoms with E-state index in [1.807, 2.05) is 30.3 Å². The number of benzene rings is 1. The molecule has 1 aromatic rings. The Morgan fingerprint density at radius 1 is 1.00 bits per heavy atom. The van der Waals surface area contributed by atoms with Crippen molar-refractivity contribution in [3.63, 3.8) is 0 Å². The molecule has 106 valence electrons. The molecule has 20 heavy (non-hydrogen) atoms. The number of hydrazine groups is 1. The van der Waals surface area contributed by atoms with Crippen molar-refractivity contribution in [1.29, 1.82) is 0 Å². The van der Waals surface area contributed by atoms with E-state index in [2.05, 4.69) is 0 Å². The number of rotatable bonds is 2. The molecule has 1 aromatic carbocycles. The van der Waals surface area contributed by atoms with E-state index in [-0.39, 0.29) is 11.4 Å². The lowest BCUT2D eigenvalue weighted by Gasteiger charge is -2.59. The van der Waals surface area contributed by atoms with Crippen LogP contribution in [0.2, 0.25) is 0 Å². The van der Waals surface area contributed by atoms with Gasteiger partial charge in [-0.3, -0.25) is 9.80 Å². The molecule has 0 heterocycles. The molecule has 4 aliphatic rings. The number of nitrogens with two attached hydrogens (primary N) is 1. The van der Waals surface area contributed by atoms with Crippen LogP contribution < -0.4 is 5.84 Å². The summed E-state index contributed by atoms with van der Waals surface area (Å²) in [5.74, 6) is 8.73. The van der Waals surface area contributed by atoms with Crippen LogP contribution in [-0.4, -0.2) is 16.5 Å². The summed E-state index contributed by atoms with van der Waals surface area (Å²) in [5.41, 5.74) is 0.660. The van der Waals surface area contributed by atoms with Crippen molar-refractivity contribution in [3.05, 3.63) is 35.9 Å². The van der Waals surface area contributed by atoms with Gasteiger partial charge in [-0.25, -0.2) is 5.84 Å². The molecule has 4 saturated carbocycles. The number of amides is 1. The zero-order chi connectivity index (χ0) is 13.7. The van der Waals surface area contributed by atoms with E-state index >= 15 is 0 Å². The first kappa shape index (κ1) is 12.4. The van der Waals surface area contributed by atoms with Crippen molar-refractivity contribution >= 4 is 5.91 Å². The Bertz CT molecular complexity index is 490. The zero-order valence-corrected chi connectivity index (χ0v) is 11.8. The predicted molar refractivity (Wildman–Crippen MR) is 77.7 cm³/mol. The van der Waals surface area contributed by atoms with Crippen LogP contribution in [0.15, 0.2) is 30.3 Å². The number of hydrogen-bond donors (Lipinski definition) is 1. The summed E-state index contributed by atoms with van der Waals surface area (Å²) < 4.78 is 0. The van der Waals surface area contributed by atoms with E-state index < -0.39 is 0 Å². The number of hydrogen-bond acceptors (Lipinski definition) is 2. The lowest BCUT2D eigenvalue weighted by atomic mass is 9.52. The molecular formula is C17H22N2O. The molecule has 1 amide bonds. The second-order valence-electron chi connectivity index (χ2n) is 7.18. The third-order valence-corrected chi connectivity index (χ3v) is 5.76. The molecule has 0 spiro atoms. The van der Waals surface area contributed by atoms with Gasteiger partial charge in [-0.15, -0.1) is 0 Å². The summed E-state index contributed by atoms with van der Waals surface area (Å²) in [5, 5.41) is 1.60. The first-order valence-electron chi connectivity index (χ1n) is 7.81. The predicted octanol–water partition coefficient (Wildman–Crippen LogP) is 2.97. The minimum atomic E-state index is -0.0539. The third-order valence-electron chi connectivity index (χ3n) is 5.76.